The van der Waals surface area contributed by atoms with E-state index in [1.165, 1.54) is 34.8 Å². The standard InChI is InChI=1S/C17H13FN2O4S/c18-12-4-1-5-14-15(12)19-17(25-14)20(9-11-3-2-6-23-11)16(21)13-10-22-7-8-24-13/h1-6,10H,7-9H2. The highest BCUT2D eigenvalue weighted by atomic mass is 32.1. The zero-order valence-electron chi connectivity index (χ0n) is 13.0. The predicted octanol–water partition coefficient (Wildman–Crippen LogP) is 3.45. The van der Waals surface area contributed by atoms with Crippen LogP contribution in [0.25, 0.3) is 10.2 Å². The zero-order valence-corrected chi connectivity index (χ0v) is 13.8. The summed E-state index contributed by atoms with van der Waals surface area (Å²) in [6, 6.07) is 8.19. The molecule has 0 bridgehead atoms. The van der Waals surface area contributed by atoms with Crippen LogP contribution in [-0.2, 0) is 20.8 Å². The molecule has 0 saturated heterocycles. The fourth-order valence-corrected chi connectivity index (χ4v) is 3.39. The third-order valence-corrected chi connectivity index (χ3v) is 4.63. The van der Waals surface area contributed by atoms with Gasteiger partial charge in [0.05, 0.1) is 17.5 Å². The quantitative estimate of drug-likeness (QED) is 0.713. The number of thiazole rings is 1. The number of amides is 1. The highest BCUT2D eigenvalue weighted by Crippen LogP contribution is 2.32. The van der Waals surface area contributed by atoms with Crippen molar-refractivity contribution in [3.8, 4) is 0 Å². The number of hydrogen-bond donors (Lipinski definition) is 0. The van der Waals surface area contributed by atoms with Crippen molar-refractivity contribution < 1.29 is 23.1 Å². The number of ether oxygens (including phenoxy) is 2. The lowest BCUT2D eigenvalue weighted by atomic mass is 10.3. The van der Waals surface area contributed by atoms with Crippen LogP contribution in [0.15, 0.2) is 53.0 Å². The molecule has 0 fully saturated rings. The molecule has 0 unspecified atom stereocenters. The molecule has 25 heavy (non-hydrogen) atoms. The second-order valence-electron chi connectivity index (χ2n) is 5.26. The van der Waals surface area contributed by atoms with Crippen molar-refractivity contribution in [1.29, 1.82) is 0 Å². The molecule has 8 heteroatoms. The highest BCUT2D eigenvalue weighted by molar-refractivity contribution is 7.22. The number of para-hydroxylation sites is 1. The van der Waals surface area contributed by atoms with Crippen LogP contribution in [0.4, 0.5) is 9.52 Å². The van der Waals surface area contributed by atoms with Gasteiger partial charge in [0.25, 0.3) is 5.91 Å². The molecule has 0 N–H and O–H groups in total. The van der Waals surface area contributed by atoms with Gasteiger partial charge in [-0.3, -0.25) is 9.69 Å². The Morgan fingerprint density at radius 2 is 2.20 bits per heavy atom. The van der Waals surface area contributed by atoms with Crippen LogP contribution >= 0.6 is 11.3 Å². The molecule has 1 aliphatic rings. The van der Waals surface area contributed by atoms with E-state index < -0.39 is 11.7 Å². The summed E-state index contributed by atoms with van der Waals surface area (Å²) in [6.45, 7) is 0.829. The number of rotatable bonds is 4. The largest absolute Gasteiger partial charge is 0.494 e. The minimum Gasteiger partial charge on any atom is -0.494 e. The van der Waals surface area contributed by atoms with Crippen LogP contribution in [0.2, 0.25) is 0 Å². The van der Waals surface area contributed by atoms with Crippen molar-refractivity contribution in [3.63, 3.8) is 0 Å². The smallest absolute Gasteiger partial charge is 0.298 e. The van der Waals surface area contributed by atoms with E-state index in [1.54, 1.807) is 24.3 Å². The van der Waals surface area contributed by atoms with E-state index in [9.17, 15) is 9.18 Å². The molecule has 3 heterocycles. The van der Waals surface area contributed by atoms with Gasteiger partial charge in [0.2, 0.25) is 5.76 Å². The molecule has 4 rings (SSSR count). The van der Waals surface area contributed by atoms with Crippen molar-refractivity contribution in [2.75, 3.05) is 18.1 Å². The summed E-state index contributed by atoms with van der Waals surface area (Å²) in [5.41, 5.74) is 0.231. The molecule has 1 amide bonds. The molecule has 1 aliphatic heterocycles. The normalized spacial score (nSPS) is 13.9. The van der Waals surface area contributed by atoms with Crippen LogP contribution in [0.1, 0.15) is 5.76 Å². The molecule has 0 spiro atoms. The van der Waals surface area contributed by atoms with E-state index in [1.807, 2.05) is 0 Å². The Morgan fingerprint density at radius 1 is 1.28 bits per heavy atom. The SMILES string of the molecule is O=C(C1=COCCO1)N(Cc1ccco1)c1nc2c(F)cccc2s1. The molecule has 0 radical (unpaired) electrons. The summed E-state index contributed by atoms with van der Waals surface area (Å²) in [5.74, 6) is -0.194. The lowest BCUT2D eigenvalue weighted by Gasteiger charge is -2.22. The van der Waals surface area contributed by atoms with E-state index in [0.717, 1.165) is 0 Å². The molecule has 128 valence electrons. The third kappa shape index (κ3) is 3.08. The highest BCUT2D eigenvalue weighted by Gasteiger charge is 2.27. The maximum Gasteiger partial charge on any atom is 0.298 e. The lowest BCUT2D eigenvalue weighted by Crippen LogP contribution is -2.33. The number of carbonyl (C=O) groups excluding carboxylic acids is 1. The van der Waals surface area contributed by atoms with Gasteiger partial charge in [-0.1, -0.05) is 17.4 Å². The van der Waals surface area contributed by atoms with Crippen LogP contribution in [0.3, 0.4) is 0 Å². The van der Waals surface area contributed by atoms with Crippen molar-refractivity contribution >= 4 is 32.6 Å². The maximum atomic E-state index is 14.0. The van der Waals surface area contributed by atoms with Crippen LogP contribution in [0, 0.1) is 5.82 Å². The third-order valence-electron chi connectivity index (χ3n) is 3.59. The zero-order chi connectivity index (χ0) is 17.2. The van der Waals surface area contributed by atoms with Gasteiger partial charge >= 0.3 is 0 Å². The molecule has 1 aromatic carbocycles. The molecular formula is C17H13FN2O4S. The number of benzene rings is 1. The van der Waals surface area contributed by atoms with Crippen molar-refractivity contribution in [3.05, 3.63) is 60.2 Å². The Balaban J connectivity index is 1.74. The van der Waals surface area contributed by atoms with Crippen LogP contribution in [-0.4, -0.2) is 24.1 Å². The topological polar surface area (TPSA) is 64.8 Å². The van der Waals surface area contributed by atoms with Crippen molar-refractivity contribution in [2.45, 2.75) is 6.54 Å². The summed E-state index contributed by atoms with van der Waals surface area (Å²) < 4.78 is 30.5. The van der Waals surface area contributed by atoms with Gasteiger partial charge in [-0.15, -0.1) is 0 Å². The van der Waals surface area contributed by atoms with Gasteiger partial charge in [0, 0.05) is 0 Å². The number of anilines is 1. The monoisotopic (exact) mass is 360 g/mol. The Morgan fingerprint density at radius 3 is 2.92 bits per heavy atom. The number of halogens is 1. The molecule has 6 nitrogen and oxygen atoms in total. The fourth-order valence-electron chi connectivity index (χ4n) is 2.42. The van der Waals surface area contributed by atoms with E-state index in [4.69, 9.17) is 13.9 Å². The van der Waals surface area contributed by atoms with Gasteiger partial charge in [0.15, 0.2) is 5.13 Å². The summed E-state index contributed by atoms with van der Waals surface area (Å²) in [5, 5.41) is 0.358. The van der Waals surface area contributed by atoms with E-state index in [2.05, 4.69) is 4.98 Å². The summed E-state index contributed by atoms with van der Waals surface area (Å²) in [7, 11) is 0. The average Bonchev–Trinajstić information content (AvgIpc) is 3.30. The number of nitrogens with zero attached hydrogens (tertiary/aromatic N) is 2. The Kier molecular flexibility index (Phi) is 4.10. The first-order valence-corrected chi connectivity index (χ1v) is 8.38. The van der Waals surface area contributed by atoms with Crippen molar-refractivity contribution in [2.24, 2.45) is 0 Å². The second-order valence-corrected chi connectivity index (χ2v) is 6.26. The summed E-state index contributed by atoms with van der Waals surface area (Å²) in [6.07, 6.45) is 2.81. The van der Waals surface area contributed by atoms with Gasteiger partial charge in [-0.2, -0.15) is 0 Å². The number of carbonyl (C=O) groups is 1. The number of fused-ring (bicyclic) bond motifs is 1. The molecule has 3 aromatic rings. The molecular weight excluding hydrogens is 347 g/mol. The van der Waals surface area contributed by atoms with Gasteiger partial charge in [-0.05, 0) is 24.3 Å². The minimum atomic E-state index is -0.429. The lowest BCUT2D eigenvalue weighted by molar-refractivity contribution is -0.120. The number of furan rings is 1. The summed E-state index contributed by atoms with van der Waals surface area (Å²) >= 11 is 1.22. The van der Waals surface area contributed by atoms with E-state index in [0.29, 0.717) is 28.8 Å². The first kappa shape index (κ1) is 15.6. The molecule has 0 aliphatic carbocycles. The van der Waals surface area contributed by atoms with Crippen LogP contribution in [0.5, 0.6) is 0 Å². The average molecular weight is 360 g/mol. The Labute approximate surface area is 146 Å². The molecule has 2 aromatic heterocycles. The van der Waals surface area contributed by atoms with E-state index in [-0.39, 0.29) is 17.8 Å². The fraction of sp³-hybridized carbons (Fsp3) is 0.176. The first-order chi connectivity index (χ1) is 12.2. The summed E-state index contributed by atoms with van der Waals surface area (Å²) in [4.78, 5) is 18.6. The van der Waals surface area contributed by atoms with E-state index >= 15 is 0 Å². The molecule has 0 saturated carbocycles. The first-order valence-electron chi connectivity index (χ1n) is 7.56. The van der Waals surface area contributed by atoms with Gasteiger partial charge in [-0.25, -0.2) is 9.37 Å². The minimum absolute atomic E-state index is 0.0811. The Bertz CT molecular complexity index is 935. The second kappa shape index (κ2) is 6.56. The predicted molar refractivity (Wildman–Crippen MR) is 89.5 cm³/mol. The molecule has 0 atom stereocenters. The van der Waals surface area contributed by atoms with Crippen molar-refractivity contribution in [1.82, 2.24) is 4.98 Å². The number of aromatic nitrogens is 1. The number of hydrogen-bond acceptors (Lipinski definition) is 6. The van der Waals surface area contributed by atoms with Gasteiger partial charge < -0.3 is 13.9 Å². The van der Waals surface area contributed by atoms with Gasteiger partial charge in [0.1, 0.15) is 36.6 Å². The Hall–Kier alpha value is -2.87. The maximum absolute atomic E-state index is 14.0. The van der Waals surface area contributed by atoms with Crippen LogP contribution < -0.4 is 4.90 Å².